The van der Waals surface area contributed by atoms with Crippen LogP contribution < -0.4 is 10.6 Å². The largest absolute Gasteiger partial charge is 0.351 e. The van der Waals surface area contributed by atoms with E-state index >= 15 is 0 Å². The van der Waals surface area contributed by atoms with E-state index in [0.29, 0.717) is 31.9 Å². The van der Waals surface area contributed by atoms with Crippen LogP contribution in [-0.4, -0.2) is 60.4 Å². The van der Waals surface area contributed by atoms with E-state index in [1.54, 1.807) is 12.1 Å². The van der Waals surface area contributed by atoms with Crippen molar-refractivity contribution in [3.63, 3.8) is 0 Å². The predicted molar refractivity (Wildman–Crippen MR) is 111 cm³/mol. The second-order valence-electron chi connectivity index (χ2n) is 7.25. The van der Waals surface area contributed by atoms with E-state index in [1.165, 1.54) is 12.1 Å². The average Bonchev–Trinajstić information content (AvgIpc) is 2.73. The zero-order chi connectivity index (χ0) is 20.6. The van der Waals surface area contributed by atoms with Gasteiger partial charge in [-0.3, -0.25) is 19.4 Å². The van der Waals surface area contributed by atoms with Crippen LogP contribution in [0.15, 0.2) is 54.6 Å². The summed E-state index contributed by atoms with van der Waals surface area (Å²) in [6.07, 6.45) is 0. The molecular weight excluding hydrogens is 371 g/mol. The third-order valence-corrected chi connectivity index (χ3v) is 5.13. The monoisotopic (exact) mass is 398 g/mol. The van der Waals surface area contributed by atoms with Gasteiger partial charge in [0.1, 0.15) is 5.82 Å². The smallest absolute Gasteiger partial charge is 0.241 e. The van der Waals surface area contributed by atoms with Gasteiger partial charge < -0.3 is 10.6 Å². The van der Waals surface area contributed by atoms with Crippen molar-refractivity contribution in [2.75, 3.05) is 38.0 Å². The minimum atomic E-state index is -0.380. The molecule has 3 rings (SSSR count). The number of amides is 2. The van der Waals surface area contributed by atoms with Crippen molar-refractivity contribution in [1.82, 2.24) is 15.1 Å². The zero-order valence-corrected chi connectivity index (χ0v) is 16.6. The number of nitrogens with zero attached hydrogens (tertiary/aromatic N) is 2. The normalized spacial score (nSPS) is 16.2. The molecule has 1 saturated heterocycles. The van der Waals surface area contributed by atoms with Crippen molar-refractivity contribution >= 4 is 17.5 Å². The first-order valence-electron chi connectivity index (χ1n) is 9.85. The van der Waals surface area contributed by atoms with E-state index in [2.05, 4.69) is 20.4 Å². The van der Waals surface area contributed by atoms with Crippen molar-refractivity contribution in [2.45, 2.75) is 19.5 Å². The molecule has 1 fully saturated rings. The standard InChI is InChI=1S/C22H27FN4O2/c1-17(22(29)25-20-9-5-8-19(23)14-20)27-12-10-26(11-13-27)16-21(28)24-15-18-6-3-2-4-7-18/h2-9,14,17H,10-13,15-16H2,1H3,(H,24,28)(H,25,29)/t17-/m0/s1. The molecule has 0 bridgehead atoms. The molecule has 0 unspecified atom stereocenters. The topological polar surface area (TPSA) is 64.7 Å². The van der Waals surface area contributed by atoms with Crippen LogP contribution in [0, 0.1) is 5.82 Å². The van der Waals surface area contributed by atoms with Crippen LogP contribution in [0.2, 0.25) is 0 Å². The lowest BCUT2D eigenvalue weighted by atomic mass is 10.2. The Morgan fingerprint density at radius 2 is 1.76 bits per heavy atom. The van der Waals surface area contributed by atoms with E-state index in [9.17, 15) is 14.0 Å². The van der Waals surface area contributed by atoms with Crippen LogP contribution in [0.3, 0.4) is 0 Å². The van der Waals surface area contributed by atoms with Crippen LogP contribution in [0.25, 0.3) is 0 Å². The van der Waals surface area contributed by atoms with Gasteiger partial charge in [-0.2, -0.15) is 0 Å². The van der Waals surface area contributed by atoms with Crippen LogP contribution in [-0.2, 0) is 16.1 Å². The third kappa shape index (κ3) is 6.37. The second kappa shape index (κ2) is 10.1. The maximum absolute atomic E-state index is 13.3. The van der Waals surface area contributed by atoms with Gasteiger partial charge in [0.2, 0.25) is 11.8 Å². The molecule has 1 heterocycles. The van der Waals surface area contributed by atoms with Gasteiger partial charge in [-0.15, -0.1) is 0 Å². The van der Waals surface area contributed by atoms with Crippen molar-refractivity contribution < 1.29 is 14.0 Å². The number of carbonyl (C=O) groups is 2. The number of benzene rings is 2. The molecule has 154 valence electrons. The Labute approximate surface area is 170 Å². The van der Waals surface area contributed by atoms with Crippen LogP contribution in [0.1, 0.15) is 12.5 Å². The predicted octanol–water partition coefficient (Wildman–Crippen LogP) is 2.09. The van der Waals surface area contributed by atoms with Gasteiger partial charge in [0.05, 0.1) is 12.6 Å². The van der Waals surface area contributed by atoms with Crippen LogP contribution in [0.5, 0.6) is 0 Å². The molecule has 1 atom stereocenters. The van der Waals surface area contributed by atoms with Crippen LogP contribution >= 0.6 is 0 Å². The Bertz CT molecular complexity index is 823. The Kier molecular flexibility index (Phi) is 7.32. The Hall–Kier alpha value is -2.77. The van der Waals surface area contributed by atoms with Gasteiger partial charge in [0.25, 0.3) is 0 Å². The maximum Gasteiger partial charge on any atom is 0.241 e. The lowest BCUT2D eigenvalue weighted by Gasteiger charge is -2.37. The summed E-state index contributed by atoms with van der Waals surface area (Å²) in [5.74, 6) is -0.543. The number of piperazine rings is 1. The summed E-state index contributed by atoms with van der Waals surface area (Å²) in [4.78, 5) is 28.8. The highest BCUT2D eigenvalue weighted by Crippen LogP contribution is 2.12. The number of nitrogens with one attached hydrogen (secondary N) is 2. The number of carbonyl (C=O) groups excluding carboxylic acids is 2. The first-order chi connectivity index (χ1) is 14.0. The molecule has 2 aromatic rings. The lowest BCUT2D eigenvalue weighted by molar-refractivity contribution is -0.124. The molecule has 6 nitrogen and oxygen atoms in total. The summed E-state index contributed by atoms with van der Waals surface area (Å²) in [5, 5.41) is 5.70. The fourth-order valence-corrected chi connectivity index (χ4v) is 3.34. The highest BCUT2D eigenvalue weighted by Gasteiger charge is 2.26. The molecule has 2 aromatic carbocycles. The summed E-state index contributed by atoms with van der Waals surface area (Å²) >= 11 is 0. The van der Waals surface area contributed by atoms with Crippen molar-refractivity contribution in [1.29, 1.82) is 0 Å². The van der Waals surface area contributed by atoms with Crippen molar-refractivity contribution in [2.24, 2.45) is 0 Å². The van der Waals surface area contributed by atoms with Gasteiger partial charge in [0.15, 0.2) is 0 Å². The van der Waals surface area contributed by atoms with Crippen molar-refractivity contribution in [3.8, 4) is 0 Å². The summed E-state index contributed by atoms with van der Waals surface area (Å²) in [6.45, 7) is 5.55. The Morgan fingerprint density at radius 1 is 1.03 bits per heavy atom. The van der Waals surface area contributed by atoms with E-state index in [4.69, 9.17) is 0 Å². The molecular formula is C22H27FN4O2. The molecule has 0 aliphatic carbocycles. The summed E-state index contributed by atoms with van der Waals surface area (Å²) < 4.78 is 13.3. The fourth-order valence-electron chi connectivity index (χ4n) is 3.34. The number of hydrogen-bond donors (Lipinski definition) is 2. The van der Waals surface area contributed by atoms with Crippen LogP contribution in [0.4, 0.5) is 10.1 Å². The first kappa shape index (κ1) is 21.0. The molecule has 0 aromatic heterocycles. The van der Waals surface area contributed by atoms with Gasteiger partial charge in [-0.25, -0.2) is 4.39 Å². The molecule has 0 radical (unpaired) electrons. The highest BCUT2D eigenvalue weighted by atomic mass is 19.1. The quantitative estimate of drug-likeness (QED) is 0.750. The van der Waals surface area contributed by atoms with E-state index in [1.807, 2.05) is 37.3 Å². The molecule has 1 aliphatic heterocycles. The summed E-state index contributed by atoms with van der Waals surface area (Å²) in [6, 6.07) is 15.4. The number of rotatable bonds is 7. The molecule has 2 N–H and O–H groups in total. The highest BCUT2D eigenvalue weighted by molar-refractivity contribution is 5.94. The lowest BCUT2D eigenvalue weighted by Crippen LogP contribution is -2.54. The van der Waals surface area contributed by atoms with Gasteiger partial charge in [-0.1, -0.05) is 36.4 Å². The number of halogens is 1. The third-order valence-electron chi connectivity index (χ3n) is 5.13. The van der Waals surface area contributed by atoms with Gasteiger partial charge in [0, 0.05) is 38.4 Å². The van der Waals surface area contributed by atoms with E-state index in [0.717, 1.165) is 18.7 Å². The zero-order valence-electron chi connectivity index (χ0n) is 16.6. The maximum atomic E-state index is 13.3. The fraction of sp³-hybridized carbons (Fsp3) is 0.364. The Balaban J connectivity index is 1.40. The molecule has 0 saturated carbocycles. The summed E-state index contributed by atoms with van der Waals surface area (Å²) in [7, 11) is 0. The number of anilines is 1. The van der Waals surface area contributed by atoms with E-state index < -0.39 is 0 Å². The van der Waals surface area contributed by atoms with Gasteiger partial charge in [-0.05, 0) is 30.7 Å². The summed E-state index contributed by atoms with van der Waals surface area (Å²) in [5.41, 5.74) is 1.53. The van der Waals surface area contributed by atoms with Crippen molar-refractivity contribution in [3.05, 3.63) is 66.0 Å². The second-order valence-corrected chi connectivity index (χ2v) is 7.25. The molecule has 2 amide bonds. The van der Waals surface area contributed by atoms with Gasteiger partial charge >= 0.3 is 0 Å². The molecule has 0 spiro atoms. The van der Waals surface area contributed by atoms with E-state index in [-0.39, 0.29) is 23.7 Å². The average molecular weight is 398 g/mol. The molecule has 1 aliphatic rings. The minimum absolute atomic E-state index is 0.000742. The SMILES string of the molecule is C[C@@H](C(=O)Nc1cccc(F)c1)N1CCN(CC(=O)NCc2ccccc2)CC1. The molecule has 29 heavy (non-hydrogen) atoms. The number of hydrogen-bond acceptors (Lipinski definition) is 4. The minimum Gasteiger partial charge on any atom is -0.351 e. The first-order valence-corrected chi connectivity index (χ1v) is 9.85. The Morgan fingerprint density at radius 3 is 2.45 bits per heavy atom. The molecule has 7 heteroatoms.